The van der Waals surface area contributed by atoms with Gasteiger partial charge in [0.15, 0.2) is 0 Å². The highest BCUT2D eigenvalue weighted by atomic mass is 16.5. The summed E-state index contributed by atoms with van der Waals surface area (Å²) in [5.74, 6) is 0.474. The fourth-order valence-corrected chi connectivity index (χ4v) is 4.18. The van der Waals surface area contributed by atoms with Crippen molar-refractivity contribution in [2.75, 3.05) is 13.2 Å². The van der Waals surface area contributed by atoms with Crippen LogP contribution in [0.5, 0.6) is 23.0 Å². The summed E-state index contributed by atoms with van der Waals surface area (Å²) < 4.78 is 27.6. The fourth-order valence-electron chi connectivity index (χ4n) is 4.18. The Morgan fingerprint density at radius 2 is 1.20 bits per heavy atom. The second-order valence-corrected chi connectivity index (χ2v) is 10.2. The second kappa shape index (κ2) is 16.7. The lowest BCUT2D eigenvalue weighted by Crippen LogP contribution is -2.12. The zero-order chi connectivity index (χ0) is 32.9. The lowest BCUT2D eigenvalue weighted by atomic mass is 9.89. The van der Waals surface area contributed by atoms with E-state index in [-0.39, 0.29) is 0 Å². The van der Waals surface area contributed by atoms with Crippen molar-refractivity contribution in [2.24, 2.45) is 0 Å². The Labute approximate surface area is 268 Å². The van der Waals surface area contributed by atoms with Crippen LogP contribution in [0.15, 0.2) is 97.6 Å². The smallest absolute Gasteiger partial charge is 0.343 e. The summed E-state index contributed by atoms with van der Waals surface area (Å²) in [5, 5.41) is 9.03. The topological polar surface area (TPSA) is 118 Å². The van der Waals surface area contributed by atoms with Crippen LogP contribution in [-0.4, -0.2) is 43.6 Å². The molecule has 1 N–H and O–H groups in total. The minimum Gasteiger partial charge on any atom is -0.494 e. The third-order valence-corrected chi connectivity index (χ3v) is 7.03. The number of hydrogen-bond donors (Lipinski definition) is 1. The molecule has 0 aliphatic heterocycles. The first-order valence-electron chi connectivity index (χ1n) is 14.6. The molecule has 0 spiro atoms. The Kier molecular flexibility index (Phi) is 12.1. The van der Waals surface area contributed by atoms with Crippen LogP contribution >= 0.6 is 0 Å². The van der Waals surface area contributed by atoms with Crippen LogP contribution in [0.25, 0.3) is 0 Å². The number of benzene rings is 4. The molecule has 0 aromatic heterocycles. The van der Waals surface area contributed by atoms with Crippen molar-refractivity contribution in [3.63, 3.8) is 0 Å². The van der Waals surface area contributed by atoms with Crippen LogP contribution in [0, 0.1) is 13.8 Å². The van der Waals surface area contributed by atoms with Crippen molar-refractivity contribution in [1.29, 1.82) is 0 Å². The van der Waals surface area contributed by atoms with E-state index in [0.29, 0.717) is 83.4 Å². The molecule has 0 bridgehead atoms. The molecule has 0 heterocycles. The quantitative estimate of drug-likeness (QED) is 0.0609. The maximum atomic E-state index is 12.9. The van der Waals surface area contributed by atoms with Crippen molar-refractivity contribution in [2.45, 2.75) is 33.3 Å². The Morgan fingerprint density at radius 1 is 0.696 bits per heavy atom. The monoisotopic (exact) mass is 621 g/mol. The predicted octanol–water partition coefficient (Wildman–Crippen LogP) is 5.45. The molecule has 10 heteroatoms. The van der Waals surface area contributed by atoms with Crippen LogP contribution in [0.4, 0.5) is 0 Å². The van der Waals surface area contributed by atoms with Gasteiger partial charge in [-0.3, -0.25) is 0 Å². The molecule has 0 unspecified atom stereocenters. The van der Waals surface area contributed by atoms with E-state index in [1.165, 1.54) is 0 Å². The molecule has 4 aromatic rings. The maximum Gasteiger partial charge on any atom is 0.343 e. The van der Waals surface area contributed by atoms with Crippen molar-refractivity contribution in [3.8, 4) is 23.0 Å². The Hall–Kier alpha value is -5.35. The summed E-state index contributed by atoms with van der Waals surface area (Å²) in [5.41, 5.74) is 3.60. The van der Waals surface area contributed by atoms with Gasteiger partial charge in [0.2, 0.25) is 0 Å². The van der Waals surface area contributed by atoms with Crippen LogP contribution in [-0.2, 0) is 16.1 Å². The van der Waals surface area contributed by atoms with Crippen LogP contribution < -0.4 is 24.4 Å². The van der Waals surface area contributed by atoms with E-state index in [0.717, 1.165) is 19.1 Å². The largest absolute Gasteiger partial charge is 0.494 e. The predicted molar refractivity (Wildman–Crippen MR) is 173 cm³/mol. The summed E-state index contributed by atoms with van der Waals surface area (Å²) in [6.07, 6.45) is 2.48. The molecular weight excluding hydrogens is 587 g/mol. The van der Waals surface area contributed by atoms with Gasteiger partial charge < -0.3 is 28.7 Å². The fraction of sp³-hybridized carbons (Fsp3) is 0.194. The first-order chi connectivity index (χ1) is 22.3. The third-order valence-electron chi connectivity index (χ3n) is 7.03. The van der Waals surface area contributed by atoms with E-state index in [1.54, 1.807) is 98.8 Å². The number of rotatable bonds is 15. The van der Waals surface area contributed by atoms with Crippen molar-refractivity contribution < 1.29 is 43.1 Å². The Balaban J connectivity index is 1.26. The maximum absolute atomic E-state index is 12.9. The molecule has 46 heavy (non-hydrogen) atoms. The zero-order valence-electron chi connectivity index (χ0n) is 25.7. The van der Waals surface area contributed by atoms with Crippen LogP contribution in [0.3, 0.4) is 0 Å². The number of ether oxygens (including phenoxy) is 5. The van der Waals surface area contributed by atoms with Gasteiger partial charge >= 0.3 is 25.4 Å². The SMILES string of the molecule is C=CC(=O)OCCCCOc1ccc(C(=O)Oc2ccc(OC(=O)c3ccc(COc4ccc([B]O)cc4)cc3)c(C)c2C)cc1. The number of carbonyl (C=O) groups excluding carboxylic acids is 3. The van der Waals surface area contributed by atoms with Gasteiger partial charge in [0.1, 0.15) is 29.6 Å². The standard InChI is InChI=1S/C36H34BO9/c1-4-34(38)43-22-6-5-21-42-30-15-11-28(12-16-30)36(40)46-33-20-19-32(24(2)25(33)3)45-35(39)27-9-7-26(8-10-27)23-44-31-17-13-29(37-41)14-18-31/h4,7-20,41H,1,5-6,21-23H2,2-3H3. The van der Waals surface area contributed by atoms with E-state index in [1.807, 2.05) is 0 Å². The molecule has 4 aromatic carbocycles. The molecule has 4 rings (SSSR count). The van der Waals surface area contributed by atoms with E-state index < -0.39 is 17.9 Å². The minimum atomic E-state index is -0.535. The molecule has 0 aliphatic rings. The number of carbonyl (C=O) groups is 3. The lowest BCUT2D eigenvalue weighted by molar-refractivity contribution is -0.137. The van der Waals surface area contributed by atoms with Gasteiger partial charge in [-0.05, 0) is 104 Å². The highest BCUT2D eigenvalue weighted by molar-refractivity contribution is 6.45. The molecule has 1 radical (unpaired) electrons. The number of esters is 3. The Morgan fingerprint density at radius 3 is 1.74 bits per heavy atom. The van der Waals surface area contributed by atoms with E-state index in [2.05, 4.69) is 6.58 Å². The summed E-state index contributed by atoms with van der Waals surface area (Å²) in [4.78, 5) is 36.7. The molecule has 0 saturated carbocycles. The molecule has 0 aliphatic carbocycles. The van der Waals surface area contributed by atoms with Gasteiger partial charge in [0.25, 0.3) is 0 Å². The number of hydrogen-bond acceptors (Lipinski definition) is 9. The summed E-state index contributed by atoms with van der Waals surface area (Å²) in [7, 11) is 1.02. The van der Waals surface area contributed by atoms with Gasteiger partial charge in [-0.1, -0.05) is 36.3 Å². The lowest BCUT2D eigenvalue weighted by Gasteiger charge is -2.14. The van der Waals surface area contributed by atoms with Gasteiger partial charge in [0.05, 0.1) is 24.3 Å². The third kappa shape index (κ3) is 9.58. The van der Waals surface area contributed by atoms with Gasteiger partial charge in [-0.15, -0.1) is 0 Å². The molecule has 235 valence electrons. The molecule has 0 fully saturated rings. The van der Waals surface area contributed by atoms with Gasteiger partial charge in [-0.2, -0.15) is 0 Å². The normalized spacial score (nSPS) is 10.4. The molecule has 0 saturated heterocycles. The van der Waals surface area contributed by atoms with E-state index >= 15 is 0 Å². The summed E-state index contributed by atoms with van der Waals surface area (Å²) in [6.45, 7) is 7.97. The summed E-state index contributed by atoms with van der Waals surface area (Å²) >= 11 is 0. The molecule has 0 amide bonds. The Bertz CT molecular complexity index is 1650. The molecular formula is C36H34BO9. The van der Waals surface area contributed by atoms with Crippen molar-refractivity contribution >= 4 is 30.9 Å². The molecule has 9 nitrogen and oxygen atoms in total. The van der Waals surface area contributed by atoms with Crippen LogP contribution in [0.2, 0.25) is 0 Å². The average molecular weight is 621 g/mol. The minimum absolute atomic E-state index is 0.301. The van der Waals surface area contributed by atoms with E-state index in [9.17, 15) is 14.4 Å². The first kappa shape index (κ1) is 33.5. The average Bonchev–Trinajstić information content (AvgIpc) is 3.09. The second-order valence-electron chi connectivity index (χ2n) is 10.2. The summed E-state index contributed by atoms with van der Waals surface area (Å²) in [6, 6.07) is 23.7. The number of unbranched alkanes of at least 4 members (excludes halogenated alkanes) is 1. The molecule has 0 atom stereocenters. The zero-order valence-corrected chi connectivity index (χ0v) is 25.7. The van der Waals surface area contributed by atoms with E-state index in [4.69, 9.17) is 28.7 Å². The van der Waals surface area contributed by atoms with Crippen molar-refractivity contribution in [1.82, 2.24) is 0 Å². The van der Waals surface area contributed by atoms with Gasteiger partial charge in [0, 0.05) is 6.08 Å². The highest BCUT2D eigenvalue weighted by Crippen LogP contribution is 2.30. The van der Waals surface area contributed by atoms with Crippen molar-refractivity contribution in [3.05, 3.63) is 125 Å². The highest BCUT2D eigenvalue weighted by Gasteiger charge is 2.17. The van der Waals surface area contributed by atoms with Gasteiger partial charge in [-0.25, -0.2) is 14.4 Å². The van der Waals surface area contributed by atoms with Crippen LogP contribution in [0.1, 0.15) is 50.2 Å². The first-order valence-corrected chi connectivity index (χ1v) is 14.6.